The lowest BCUT2D eigenvalue weighted by Crippen LogP contribution is -2.50. The van der Waals surface area contributed by atoms with Crippen molar-refractivity contribution < 1.29 is 9.53 Å². The van der Waals surface area contributed by atoms with E-state index in [-0.39, 0.29) is 24.7 Å². The number of hydrogen-bond acceptors (Lipinski definition) is 6. The molecule has 39 heavy (non-hydrogen) atoms. The van der Waals surface area contributed by atoms with Crippen LogP contribution in [0.3, 0.4) is 0 Å². The Kier molecular flexibility index (Phi) is 8.51. The molecule has 2 atom stereocenters. The number of nitrogens with one attached hydrogen (secondary N) is 1. The van der Waals surface area contributed by atoms with Gasteiger partial charge in [0.1, 0.15) is 6.61 Å². The number of H-pyrrole nitrogens is 1. The number of fused-ring (bicyclic) bond motifs is 1. The average Bonchev–Trinajstić information content (AvgIpc) is 3.37. The van der Waals surface area contributed by atoms with Crippen molar-refractivity contribution in [1.29, 1.82) is 5.26 Å². The van der Waals surface area contributed by atoms with E-state index >= 15 is 0 Å². The van der Waals surface area contributed by atoms with Crippen LogP contribution in [0.5, 0.6) is 0 Å². The zero-order valence-corrected chi connectivity index (χ0v) is 23.3. The van der Waals surface area contributed by atoms with E-state index in [1.807, 2.05) is 29.2 Å². The van der Waals surface area contributed by atoms with Gasteiger partial charge in [-0.05, 0) is 37.1 Å². The third kappa shape index (κ3) is 6.11. The molecule has 1 fully saturated rings. The lowest BCUT2D eigenvalue weighted by atomic mass is 9.89. The zero-order valence-electron chi connectivity index (χ0n) is 22.6. The number of rotatable bonds is 8. The predicted octanol–water partition coefficient (Wildman–Crippen LogP) is 4.61. The molecule has 3 aromatic rings. The van der Waals surface area contributed by atoms with E-state index in [1.54, 1.807) is 6.92 Å². The van der Waals surface area contributed by atoms with Crippen LogP contribution in [0, 0.1) is 18.3 Å². The zero-order chi connectivity index (χ0) is 27.4. The van der Waals surface area contributed by atoms with Gasteiger partial charge >= 0.3 is 0 Å². The summed E-state index contributed by atoms with van der Waals surface area (Å²) in [7, 11) is 0. The Balaban J connectivity index is 1.35. The van der Waals surface area contributed by atoms with Crippen molar-refractivity contribution >= 4 is 23.2 Å². The van der Waals surface area contributed by atoms with Gasteiger partial charge in [-0.3, -0.25) is 14.8 Å². The molecular formula is C30H35ClN6O2. The molecule has 0 bridgehead atoms. The largest absolute Gasteiger partial charge is 0.369 e. The SMILES string of the molecule is CC(=O)N1CCc2[nH]nc(-c3ccc(Cl)cc3)c2C1CC(CN1CCN(c2ccccc2C)CC1)OCC#N. The molecule has 1 saturated heterocycles. The third-order valence-electron chi connectivity index (χ3n) is 7.88. The summed E-state index contributed by atoms with van der Waals surface area (Å²) in [5.74, 6) is 0.0276. The molecule has 0 radical (unpaired) electrons. The highest BCUT2D eigenvalue weighted by atomic mass is 35.5. The van der Waals surface area contributed by atoms with Crippen LogP contribution >= 0.6 is 11.6 Å². The van der Waals surface area contributed by atoms with Crippen LogP contribution in [-0.2, 0) is 16.0 Å². The maximum Gasteiger partial charge on any atom is 0.219 e. The second-order valence-corrected chi connectivity index (χ2v) is 10.8. The second kappa shape index (κ2) is 12.2. The van der Waals surface area contributed by atoms with Crippen molar-refractivity contribution in [3.63, 3.8) is 0 Å². The van der Waals surface area contributed by atoms with Crippen LogP contribution in [0.2, 0.25) is 5.02 Å². The summed E-state index contributed by atoms with van der Waals surface area (Å²) < 4.78 is 6.11. The highest BCUT2D eigenvalue weighted by Gasteiger charge is 2.36. The molecule has 0 aliphatic carbocycles. The summed E-state index contributed by atoms with van der Waals surface area (Å²) in [6.07, 6.45) is 1.10. The van der Waals surface area contributed by atoms with Gasteiger partial charge in [0.25, 0.3) is 0 Å². The van der Waals surface area contributed by atoms with Crippen molar-refractivity contribution in [2.45, 2.75) is 38.8 Å². The number of carbonyl (C=O) groups is 1. The smallest absolute Gasteiger partial charge is 0.219 e. The summed E-state index contributed by atoms with van der Waals surface area (Å²) in [5.41, 5.74) is 6.45. The summed E-state index contributed by atoms with van der Waals surface area (Å²) in [5, 5.41) is 17.8. The first-order valence-electron chi connectivity index (χ1n) is 13.6. The molecule has 204 valence electrons. The van der Waals surface area contributed by atoms with Gasteiger partial charge in [-0.1, -0.05) is 41.9 Å². The Morgan fingerprint density at radius 3 is 2.59 bits per heavy atom. The molecule has 5 rings (SSSR count). The van der Waals surface area contributed by atoms with Gasteiger partial charge in [0.15, 0.2) is 0 Å². The molecule has 1 amide bonds. The van der Waals surface area contributed by atoms with E-state index in [2.05, 4.69) is 57.3 Å². The van der Waals surface area contributed by atoms with Crippen LogP contribution in [0.1, 0.15) is 36.2 Å². The quantitative estimate of drug-likeness (QED) is 0.444. The molecule has 8 nitrogen and oxygen atoms in total. The van der Waals surface area contributed by atoms with Crippen LogP contribution in [0.4, 0.5) is 5.69 Å². The van der Waals surface area contributed by atoms with Gasteiger partial charge in [-0.15, -0.1) is 0 Å². The van der Waals surface area contributed by atoms with Crippen molar-refractivity contribution in [3.8, 4) is 17.3 Å². The van der Waals surface area contributed by atoms with Gasteiger partial charge in [-0.25, -0.2) is 0 Å². The van der Waals surface area contributed by atoms with Gasteiger partial charge < -0.3 is 14.5 Å². The highest BCUT2D eigenvalue weighted by molar-refractivity contribution is 6.30. The molecule has 3 heterocycles. The van der Waals surface area contributed by atoms with E-state index in [4.69, 9.17) is 16.3 Å². The number of aromatic amines is 1. The number of aromatic nitrogens is 2. The summed E-state index contributed by atoms with van der Waals surface area (Å²) in [4.78, 5) is 19.6. The van der Waals surface area contributed by atoms with Crippen molar-refractivity contribution in [1.82, 2.24) is 20.0 Å². The monoisotopic (exact) mass is 546 g/mol. The minimum atomic E-state index is -0.208. The molecule has 2 aliphatic rings. The molecule has 0 spiro atoms. The second-order valence-electron chi connectivity index (χ2n) is 10.4. The van der Waals surface area contributed by atoms with E-state index in [9.17, 15) is 10.1 Å². The lowest BCUT2D eigenvalue weighted by molar-refractivity contribution is -0.132. The summed E-state index contributed by atoms with van der Waals surface area (Å²) in [6, 6.07) is 18.1. The fraction of sp³-hybridized carbons (Fsp3) is 0.433. The number of hydrogen-bond donors (Lipinski definition) is 1. The summed E-state index contributed by atoms with van der Waals surface area (Å²) >= 11 is 6.14. The molecule has 1 N–H and O–H groups in total. The number of carbonyl (C=O) groups excluding carboxylic acids is 1. The van der Waals surface area contributed by atoms with Crippen LogP contribution < -0.4 is 4.90 Å². The van der Waals surface area contributed by atoms with E-state index in [1.165, 1.54) is 11.3 Å². The lowest BCUT2D eigenvalue weighted by Gasteiger charge is -2.40. The maximum absolute atomic E-state index is 12.8. The predicted molar refractivity (Wildman–Crippen MR) is 153 cm³/mol. The molecule has 9 heteroatoms. The Morgan fingerprint density at radius 2 is 1.90 bits per heavy atom. The number of anilines is 1. The topological polar surface area (TPSA) is 88.5 Å². The van der Waals surface area contributed by atoms with Gasteiger partial charge in [0.2, 0.25) is 5.91 Å². The molecule has 0 saturated carbocycles. The first-order chi connectivity index (χ1) is 18.9. The maximum atomic E-state index is 12.8. The Hall–Kier alpha value is -3.38. The molecule has 2 unspecified atom stereocenters. The number of piperazine rings is 1. The number of benzene rings is 2. The molecular weight excluding hydrogens is 512 g/mol. The minimum Gasteiger partial charge on any atom is -0.369 e. The number of nitriles is 1. The standard InChI is InChI=1S/C30H35ClN6O2/c1-21-5-3-4-6-27(21)36-16-14-35(15-17-36)20-25(39-18-12-32)19-28-29-26(11-13-37(28)22(2)38)33-34-30(29)23-7-9-24(31)10-8-23/h3-10,25,28H,11,13-20H2,1-2H3,(H,33,34). The number of aryl methyl sites for hydroxylation is 1. The normalized spacial score (nSPS) is 18.5. The van der Waals surface area contributed by atoms with Gasteiger partial charge in [-0.2, -0.15) is 10.4 Å². The first-order valence-corrected chi connectivity index (χ1v) is 13.9. The molecule has 2 aromatic carbocycles. The fourth-order valence-electron chi connectivity index (χ4n) is 5.91. The Morgan fingerprint density at radius 1 is 1.15 bits per heavy atom. The summed E-state index contributed by atoms with van der Waals surface area (Å²) in [6.45, 7) is 8.81. The van der Waals surface area contributed by atoms with Crippen LogP contribution in [-0.4, -0.2) is 77.9 Å². The van der Waals surface area contributed by atoms with E-state index < -0.39 is 0 Å². The average molecular weight is 547 g/mol. The number of amides is 1. The van der Waals surface area contributed by atoms with E-state index in [0.29, 0.717) is 24.5 Å². The Labute approximate surface area is 235 Å². The van der Waals surface area contributed by atoms with Crippen LogP contribution in [0.15, 0.2) is 48.5 Å². The minimum absolute atomic E-state index is 0.0168. The van der Waals surface area contributed by atoms with E-state index in [0.717, 1.165) is 55.1 Å². The number of ether oxygens (including phenoxy) is 1. The number of para-hydroxylation sites is 1. The number of nitrogens with zero attached hydrogens (tertiary/aromatic N) is 5. The Bertz CT molecular complexity index is 1330. The molecule has 1 aromatic heterocycles. The third-order valence-corrected chi connectivity index (χ3v) is 8.13. The van der Waals surface area contributed by atoms with Crippen molar-refractivity contribution in [2.24, 2.45) is 0 Å². The number of halogens is 1. The molecule has 2 aliphatic heterocycles. The van der Waals surface area contributed by atoms with Crippen LogP contribution in [0.25, 0.3) is 11.3 Å². The first kappa shape index (κ1) is 27.2. The van der Waals surface area contributed by atoms with Crippen molar-refractivity contribution in [3.05, 3.63) is 70.4 Å². The highest BCUT2D eigenvalue weighted by Crippen LogP contribution is 2.39. The van der Waals surface area contributed by atoms with Gasteiger partial charge in [0.05, 0.1) is 23.9 Å². The van der Waals surface area contributed by atoms with Gasteiger partial charge in [0, 0.05) is 80.1 Å². The van der Waals surface area contributed by atoms with Crippen molar-refractivity contribution in [2.75, 3.05) is 50.8 Å². The fourth-order valence-corrected chi connectivity index (χ4v) is 6.03.